The smallest absolute Gasteiger partial charge is 0.285 e. The van der Waals surface area contributed by atoms with Crippen LogP contribution in [0.25, 0.3) is 11.4 Å². The Morgan fingerprint density at radius 3 is 2.30 bits per heavy atom. The summed E-state index contributed by atoms with van der Waals surface area (Å²) >= 11 is 7.06. The molecule has 0 atom stereocenters. The molecule has 0 aliphatic carbocycles. The van der Waals surface area contributed by atoms with Gasteiger partial charge < -0.3 is 5.32 Å². The van der Waals surface area contributed by atoms with Gasteiger partial charge in [-0.3, -0.25) is 4.79 Å². The van der Waals surface area contributed by atoms with Crippen LogP contribution in [0, 0.1) is 0 Å². The summed E-state index contributed by atoms with van der Waals surface area (Å²) in [6.07, 6.45) is 1.72. The molecule has 2 aromatic carbocycles. The van der Waals surface area contributed by atoms with Crippen LogP contribution in [0.1, 0.15) is 6.92 Å². The van der Waals surface area contributed by atoms with Gasteiger partial charge in [0.25, 0.3) is 10.0 Å². The largest absolute Gasteiger partial charge is 0.326 e. The van der Waals surface area contributed by atoms with Gasteiger partial charge in [0.2, 0.25) is 11.1 Å². The molecule has 27 heavy (non-hydrogen) atoms. The molecule has 0 radical (unpaired) electrons. The molecule has 0 saturated carbocycles. The van der Waals surface area contributed by atoms with Crippen LogP contribution in [-0.4, -0.2) is 34.8 Å². The number of thioether (sulfide) groups is 1. The molecular weight excluding hydrogens is 408 g/mol. The van der Waals surface area contributed by atoms with Crippen molar-refractivity contribution >= 4 is 45.0 Å². The summed E-state index contributed by atoms with van der Waals surface area (Å²) in [7, 11) is -3.94. The first-order valence-corrected chi connectivity index (χ1v) is 10.8. The van der Waals surface area contributed by atoms with Gasteiger partial charge in [0.1, 0.15) is 0 Å². The summed E-state index contributed by atoms with van der Waals surface area (Å²) in [5.41, 5.74) is 1.16. The maximum atomic E-state index is 13.0. The zero-order valence-electron chi connectivity index (χ0n) is 14.4. The maximum absolute atomic E-state index is 13.0. The summed E-state index contributed by atoms with van der Waals surface area (Å²) < 4.78 is 26.9. The van der Waals surface area contributed by atoms with Crippen molar-refractivity contribution in [1.29, 1.82) is 0 Å². The second-order valence-electron chi connectivity index (χ2n) is 5.48. The Morgan fingerprint density at radius 1 is 1.11 bits per heavy atom. The van der Waals surface area contributed by atoms with E-state index in [9.17, 15) is 13.2 Å². The first kappa shape index (κ1) is 19.4. The SMILES string of the molecule is CSc1nc(-c2ccc(Cl)cc2)nn1S(=O)(=O)c1ccc(NC(C)=O)cc1. The van der Waals surface area contributed by atoms with Gasteiger partial charge >= 0.3 is 0 Å². The summed E-state index contributed by atoms with van der Waals surface area (Å²) in [6.45, 7) is 1.38. The van der Waals surface area contributed by atoms with Gasteiger partial charge in [-0.15, -0.1) is 9.19 Å². The quantitative estimate of drug-likeness (QED) is 0.632. The van der Waals surface area contributed by atoms with E-state index in [0.717, 1.165) is 4.09 Å². The molecule has 0 aliphatic heterocycles. The number of hydrogen-bond donors (Lipinski definition) is 1. The second kappa shape index (κ2) is 7.71. The number of anilines is 1. The van der Waals surface area contributed by atoms with Crippen LogP contribution in [0.15, 0.2) is 58.6 Å². The standard InChI is InChI=1S/C17H15ClN4O3S2/c1-11(23)19-14-7-9-15(10-8-14)27(24,25)22-17(26-2)20-16(21-22)12-3-5-13(18)6-4-12/h3-10H,1-2H3,(H,19,23). The molecule has 1 N–H and O–H groups in total. The Labute approximate surface area is 165 Å². The highest BCUT2D eigenvalue weighted by molar-refractivity contribution is 7.99. The minimum atomic E-state index is -3.94. The van der Waals surface area contributed by atoms with Crippen LogP contribution >= 0.6 is 23.4 Å². The second-order valence-corrected chi connectivity index (χ2v) is 8.46. The maximum Gasteiger partial charge on any atom is 0.285 e. The van der Waals surface area contributed by atoms with Gasteiger partial charge in [-0.1, -0.05) is 23.4 Å². The fourth-order valence-electron chi connectivity index (χ4n) is 2.30. The van der Waals surface area contributed by atoms with Crippen molar-refractivity contribution in [2.75, 3.05) is 11.6 Å². The highest BCUT2D eigenvalue weighted by Gasteiger charge is 2.24. The van der Waals surface area contributed by atoms with Crippen molar-refractivity contribution in [3.8, 4) is 11.4 Å². The molecule has 140 valence electrons. The number of carbonyl (C=O) groups excluding carboxylic acids is 1. The van der Waals surface area contributed by atoms with Gasteiger partial charge in [-0.05, 0) is 54.8 Å². The third-order valence-corrected chi connectivity index (χ3v) is 6.11. The molecule has 10 heteroatoms. The Hall–Kier alpha value is -2.36. The topological polar surface area (TPSA) is 93.9 Å². The molecule has 0 saturated heterocycles. The zero-order valence-corrected chi connectivity index (χ0v) is 16.8. The van der Waals surface area contributed by atoms with E-state index in [-0.39, 0.29) is 21.8 Å². The van der Waals surface area contributed by atoms with E-state index in [1.807, 2.05) is 0 Å². The van der Waals surface area contributed by atoms with Crippen LogP contribution in [0.4, 0.5) is 5.69 Å². The summed E-state index contributed by atoms with van der Waals surface area (Å²) in [5.74, 6) is 0.0496. The molecule has 7 nitrogen and oxygen atoms in total. The fraction of sp³-hybridized carbons (Fsp3) is 0.118. The predicted octanol–water partition coefficient (Wildman–Crippen LogP) is 3.52. The third-order valence-electron chi connectivity index (χ3n) is 3.54. The first-order valence-electron chi connectivity index (χ1n) is 7.71. The molecule has 3 aromatic rings. The van der Waals surface area contributed by atoms with E-state index in [1.54, 1.807) is 30.5 Å². The summed E-state index contributed by atoms with van der Waals surface area (Å²) in [5, 5.41) is 7.58. The molecule has 3 rings (SSSR count). The molecular formula is C17H15ClN4O3S2. The lowest BCUT2D eigenvalue weighted by Gasteiger charge is -2.07. The first-order chi connectivity index (χ1) is 12.8. The van der Waals surface area contributed by atoms with Gasteiger partial charge in [0.15, 0.2) is 5.82 Å². The average Bonchev–Trinajstić information content (AvgIpc) is 3.07. The monoisotopic (exact) mass is 422 g/mol. The predicted molar refractivity (Wildman–Crippen MR) is 106 cm³/mol. The van der Waals surface area contributed by atoms with Gasteiger partial charge in [-0.2, -0.15) is 13.4 Å². The number of halogens is 1. The molecule has 0 spiro atoms. The average molecular weight is 423 g/mol. The van der Waals surface area contributed by atoms with Gasteiger partial charge in [0, 0.05) is 23.2 Å². The Balaban J connectivity index is 2.01. The third kappa shape index (κ3) is 4.15. The summed E-state index contributed by atoms with van der Waals surface area (Å²) in [6, 6.07) is 12.7. The minimum Gasteiger partial charge on any atom is -0.326 e. The fourth-order valence-corrected chi connectivity index (χ4v) is 4.43. The Bertz CT molecular complexity index is 1080. The number of hydrogen-bond acceptors (Lipinski definition) is 6. The highest BCUT2D eigenvalue weighted by Crippen LogP contribution is 2.25. The molecule has 1 heterocycles. The van der Waals surface area contributed by atoms with Crippen molar-refractivity contribution in [2.24, 2.45) is 0 Å². The van der Waals surface area contributed by atoms with Crippen molar-refractivity contribution < 1.29 is 13.2 Å². The zero-order chi connectivity index (χ0) is 19.6. The van der Waals surface area contributed by atoms with Gasteiger partial charge in [0.05, 0.1) is 4.90 Å². The lowest BCUT2D eigenvalue weighted by atomic mass is 10.2. The van der Waals surface area contributed by atoms with Crippen molar-refractivity contribution in [3.05, 3.63) is 53.6 Å². The molecule has 1 aromatic heterocycles. The minimum absolute atomic E-state index is 0.0412. The van der Waals surface area contributed by atoms with E-state index in [0.29, 0.717) is 16.3 Å². The summed E-state index contributed by atoms with van der Waals surface area (Å²) in [4.78, 5) is 15.4. The lowest BCUT2D eigenvalue weighted by Crippen LogP contribution is -2.16. The van der Waals surface area contributed by atoms with Crippen LogP contribution in [0.3, 0.4) is 0 Å². The molecule has 0 fully saturated rings. The van der Waals surface area contributed by atoms with E-state index < -0.39 is 10.0 Å². The van der Waals surface area contributed by atoms with E-state index in [4.69, 9.17) is 11.6 Å². The van der Waals surface area contributed by atoms with Crippen LogP contribution in [-0.2, 0) is 14.8 Å². The Kier molecular flexibility index (Phi) is 5.54. The number of aromatic nitrogens is 3. The van der Waals surface area contributed by atoms with Crippen molar-refractivity contribution in [1.82, 2.24) is 14.2 Å². The molecule has 0 aliphatic rings. The van der Waals surface area contributed by atoms with E-state index in [1.165, 1.54) is 43.0 Å². The van der Waals surface area contributed by atoms with E-state index >= 15 is 0 Å². The molecule has 1 amide bonds. The highest BCUT2D eigenvalue weighted by atomic mass is 35.5. The Morgan fingerprint density at radius 2 is 1.74 bits per heavy atom. The number of amides is 1. The van der Waals surface area contributed by atoms with Gasteiger partial charge in [-0.25, -0.2) is 0 Å². The number of nitrogens with one attached hydrogen (secondary N) is 1. The van der Waals surface area contributed by atoms with Crippen molar-refractivity contribution in [2.45, 2.75) is 17.0 Å². The van der Waals surface area contributed by atoms with Crippen LogP contribution < -0.4 is 5.32 Å². The lowest BCUT2D eigenvalue weighted by molar-refractivity contribution is -0.114. The normalized spacial score (nSPS) is 11.4. The number of carbonyl (C=O) groups is 1. The number of rotatable bonds is 5. The number of nitrogens with zero attached hydrogens (tertiary/aromatic N) is 3. The van der Waals surface area contributed by atoms with Crippen molar-refractivity contribution in [3.63, 3.8) is 0 Å². The van der Waals surface area contributed by atoms with E-state index in [2.05, 4.69) is 15.4 Å². The van der Waals surface area contributed by atoms with Crippen LogP contribution in [0.5, 0.6) is 0 Å². The molecule has 0 bridgehead atoms. The van der Waals surface area contributed by atoms with Crippen LogP contribution in [0.2, 0.25) is 5.02 Å². The number of benzene rings is 2. The molecule has 0 unspecified atom stereocenters.